The number of hydrogen-bond acceptors (Lipinski definition) is 0. The highest BCUT2D eigenvalue weighted by molar-refractivity contribution is 4.81. The summed E-state index contributed by atoms with van der Waals surface area (Å²) in [6.45, 7) is 7.20. The van der Waals surface area contributed by atoms with E-state index in [-0.39, 0.29) is 0 Å². The standard InChI is InChI=1S/C26H54N/c1-5-7-8-9-10-11-12-13-14-15-16-17-18-19-20-21-22-23-24-25-26-27(3,4)6-2/h13-14H,5-12,15-26H2,1-4H3/q+1/b14-13-. The Labute approximate surface area is 173 Å². The van der Waals surface area contributed by atoms with Crippen LogP contribution in [0, 0.1) is 0 Å². The van der Waals surface area contributed by atoms with Crippen LogP contribution in [0.5, 0.6) is 0 Å². The van der Waals surface area contributed by atoms with Gasteiger partial charge >= 0.3 is 0 Å². The monoisotopic (exact) mass is 380 g/mol. The molecule has 0 heterocycles. The molecule has 0 saturated heterocycles. The summed E-state index contributed by atoms with van der Waals surface area (Å²) < 4.78 is 1.19. The molecule has 0 bridgehead atoms. The van der Waals surface area contributed by atoms with Crippen molar-refractivity contribution in [3.63, 3.8) is 0 Å². The van der Waals surface area contributed by atoms with E-state index in [1.807, 2.05) is 0 Å². The fourth-order valence-corrected chi connectivity index (χ4v) is 3.65. The molecule has 1 nitrogen and oxygen atoms in total. The molecule has 0 aliphatic rings. The van der Waals surface area contributed by atoms with E-state index in [1.54, 1.807) is 0 Å². The molecular weight excluding hydrogens is 326 g/mol. The summed E-state index contributed by atoms with van der Waals surface area (Å²) in [5, 5.41) is 0. The lowest BCUT2D eigenvalue weighted by molar-refractivity contribution is -0.888. The van der Waals surface area contributed by atoms with Gasteiger partial charge in [0.05, 0.1) is 27.2 Å². The second-order valence-electron chi connectivity index (χ2n) is 9.33. The minimum atomic E-state index is 1.19. The second-order valence-corrected chi connectivity index (χ2v) is 9.33. The van der Waals surface area contributed by atoms with Crippen molar-refractivity contribution in [2.45, 2.75) is 129 Å². The Hall–Kier alpha value is -0.300. The molecule has 0 aliphatic heterocycles. The zero-order valence-corrected chi connectivity index (χ0v) is 19.7. The Morgan fingerprint density at radius 1 is 0.481 bits per heavy atom. The maximum atomic E-state index is 2.44. The van der Waals surface area contributed by atoms with Crippen molar-refractivity contribution < 1.29 is 4.48 Å². The summed E-state index contributed by atoms with van der Waals surface area (Å²) in [6, 6.07) is 0. The second kappa shape index (κ2) is 20.4. The van der Waals surface area contributed by atoms with Gasteiger partial charge in [0.15, 0.2) is 0 Å². The first-order valence-electron chi connectivity index (χ1n) is 12.6. The van der Waals surface area contributed by atoms with Gasteiger partial charge < -0.3 is 4.48 Å². The van der Waals surface area contributed by atoms with Crippen LogP contribution in [-0.2, 0) is 0 Å². The molecule has 0 saturated carbocycles. The van der Waals surface area contributed by atoms with Gasteiger partial charge in [-0.25, -0.2) is 0 Å². The van der Waals surface area contributed by atoms with Crippen LogP contribution in [0.2, 0.25) is 0 Å². The Kier molecular flexibility index (Phi) is 20.2. The third kappa shape index (κ3) is 21.9. The Morgan fingerprint density at radius 3 is 1.26 bits per heavy atom. The van der Waals surface area contributed by atoms with Crippen LogP contribution >= 0.6 is 0 Å². The zero-order valence-electron chi connectivity index (χ0n) is 19.7. The van der Waals surface area contributed by atoms with E-state index >= 15 is 0 Å². The molecule has 27 heavy (non-hydrogen) atoms. The minimum absolute atomic E-state index is 1.19. The topological polar surface area (TPSA) is 0 Å². The lowest BCUT2D eigenvalue weighted by Crippen LogP contribution is -2.39. The van der Waals surface area contributed by atoms with Crippen LogP contribution in [0.3, 0.4) is 0 Å². The zero-order chi connectivity index (χ0) is 20.1. The molecule has 0 aromatic carbocycles. The molecule has 0 amide bonds. The molecule has 0 fully saturated rings. The van der Waals surface area contributed by atoms with Gasteiger partial charge in [-0.05, 0) is 45.4 Å². The molecule has 0 aromatic heterocycles. The van der Waals surface area contributed by atoms with Crippen molar-refractivity contribution in [1.29, 1.82) is 0 Å². The summed E-state index contributed by atoms with van der Waals surface area (Å²) in [6.07, 6.45) is 30.4. The number of rotatable bonds is 21. The van der Waals surface area contributed by atoms with E-state index in [0.29, 0.717) is 0 Å². The molecule has 1 heteroatoms. The first-order valence-corrected chi connectivity index (χ1v) is 12.6. The summed E-state index contributed by atoms with van der Waals surface area (Å²) >= 11 is 0. The highest BCUT2D eigenvalue weighted by atomic mass is 15.3. The Bertz CT molecular complexity index is 305. The first-order chi connectivity index (χ1) is 13.1. The van der Waals surface area contributed by atoms with Crippen LogP contribution in [0.1, 0.15) is 129 Å². The van der Waals surface area contributed by atoms with Crippen LogP contribution in [-0.4, -0.2) is 31.7 Å². The SMILES string of the molecule is CCCCCCCC/C=C\CCCCCCCCCCCC[N+](C)(C)CC. The van der Waals surface area contributed by atoms with Crippen molar-refractivity contribution in [3.05, 3.63) is 12.2 Å². The van der Waals surface area contributed by atoms with Crippen molar-refractivity contribution in [3.8, 4) is 0 Å². The Morgan fingerprint density at radius 2 is 0.852 bits per heavy atom. The van der Waals surface area contributed by atoms with Crippen molar-refractivity contribution in [2.24, 2.45) is 0 Å². The fourth-order valence-electron chi connectivity index (χ4n) is 3.65. The number of nitrogens with zero attached hydrogens (tertiary/aromatic N) is 1. The van der Waals surface area contributed by atoms with Gasteiger partial charge in [-0.15, -0.1) is 0 Å². The molecule has 0 aromatic rings. The van der Waals surface area contributed by atoms with Gasteiger partial charge in [0.25, 0.3) is 0 Å². The first kappa shape index (κ1) is 26.7. The minimum Gasteiger partial charge on any atom is -0.329 e. The molecule has 0 spiro atoms. The number of unbranched alkanes of at least 4 members (excludes halogenated alkanes) is 16. The summed E-state index contributed by atoms with van der Waals surface area (Å²) in [5.41, 5.74) is 0. The highest BCUT2D eigenvalue weighted by Gasteiger charge is 2.09. The maximum absolute atomic E-state index is 2.44. The van der Waals surface area contributed by atoms with E-state index < -0.39 is 0 Å². The molecule has 0 atom stereocenters. The van der Waals surface area contributed by atoms with Gasteiger partial charge in [-0.1, -0.05) is 96.1 Å². The van der Waals surface area contributed by atoms with E-state index in [9.17, 15) is 0 Å². The van der Waals surface area contributed by atoms with Crippen molar-refractivity contribution >= 4 is 0 Å². The molecule has 0 aliphatic carbocycles. The van der Waals surface area contributed by atoms with Gasteiger partial charge in [0.2, 0.25) is 0 Å². The van der Waals surface area contributed by atoms with Gasteiger partial charge in [-0.3, -0.25) is 0 Å². The fraction of sp³-hybridized carbons (Fsp3) is 0.923. The molecule has 0 radical (unpaired) electrons. The predicted molar refractivity (Wildman–Crippen MR) is 125 cm³/mol. The highest BCUT2D eigenvalue weighted by Crippen LogP contribution is 2.13. The molecule has 0 unspecified atom stereocenters. The van der Waals surface area contributed by atoms with Crippen LogP contribution < -0.4 is 0 Å². The molecule has 0 N–H and O–H groups in total. The summed E-state index contributed by atoms with van der Waals surface area (Å²) in [5.74, 6) is 0. The van der Waals surface area contributed by atoms with E-state index in [4.69, 9.17) is 0 Å². The molecule has 0 rings (SSSR count). The number of quaternary nitrogens is 1. The molecular formula is C26H54N+. The van der Waals surface area contributed by atoms with Crippen LogP contribution in [0.4, 0.5) is 0 Å². The average Bonchev–Trinajstić information content (AvgIpc) is 2.66. The van der Waals surface area contributed by atoms with Crippen LogP contribution in [0.15, 0.2) is 12.2 Å². The van der Waals surface area contributed by atoms with Gasteiger partial charge in [0.1, 0.15) is 0 Å². The van der Waals surface area contributed by atoms with E-state index in [1.165, 1.54) is 133 Å². The third-order valence-corrected chi connectivity index (χ3v) is 6.13. The predicted octanol–water partition coefficient (Wildman–Crippen LogP) is 8.68. The lowest BCUT2D eigenvalue weighted by atomic mass is 10.1. The van der Waals surface area contributed by atoms with Crippen molar-refractivity contribution in [1.82, 2.24) is 0 Å². The quantitative estimate of drug-likeness (QED) is 0.106. The largest absolute Gasteiger partial charge is 0.329 e. The van der Waals surface area contributed by atoms with E-state index in [2.05, 4.69) is 40.1 Å². The lowest BCUT2D eigenvalue weighted by Gasteiger charge is -2.28. The third-order valence-electron chi connectivity index (χ3n) is 6.13. The number of allylic oxidation sites excluding steroid dienone is 2. The summed E-state index contributed by atoms with van der Waals surface area (Å²) in [7, 11) is 4.71. The van der Waals surface area contributed by atoms with Crippen LogP contribution in [0.25, 0.3) is 0 Å². The Balaban J connectivity index is 3.13. The molecule has 162 valence electrons. The van der Waals surface area contributed by atoms with Gasteiger partial charge in [-0.2, -0.15) is 0 Å². The normalized spacial score (nSPS) is 12.3. The maximum Gasteiger partial charge on any atom is 0.0782 e. The van der Waals surface area contributed by atoms with E-state index in [0.717, 1.165) is 0 Å². The number of hydrogen-bond donors (Lipinski definition) is 0. The smallest absolute Gasteiger partial charge is 0.0782 e. The van der Waals surface area contributed by atoms with Gasteiger partial charge in [0, 0.05) is 0 Å². The average molecular weight is 381 g/mol. The summed E-state index contributed by atoms with van der Waals surface area (Å²) in [4.78, 5) is 0. The van der Waals surface area contributed by atoms with Crippen molar-refractivity contribution in [2.75, 3.05) is 27.2 Å².